The molecule has 7 nitrogen and oxygen atoms in total. The summed E-state index contributed by atoms with van der Waals surface area (Å²) in [7, 11) is 0. The number of hydrogen-bond acceptors (Lipinski definition) is 5. The van der Waals surface area contributed by atoms with Gasteiger partial charge in [0.05, 0.1) is 31.7 Å². The topological polar surface area (TPSA) is 64.2 Å². The number of aromatic nitrogens is 5. The van der Waals surface area contributed by atoms with Crippen molar-refractivity contribution in [3.05, 3.63) is 65.2 Å². The van der Waals surface area contributed by atoms with Crippen LogP contribution in [0.2, 0.25) is 0 Å². The monoisotopic (exact) mass is 406 g/mol. The summed E-state index contributed by atoms with van der Waals surface area (Å²) in [5.74, 6) is 0.920. The van der Waals surface area contributed by atoms with Gasteiger partial charge in [-0.25, -0.2) is 4.68 Å². The lowest BCUT2D eigenvalue weighted by atomic mass is 10.0. The lowest BCUT2D eigenvalue weighted by Crippen LogP contribution is -3.15. The molecule has 1 fully saturated rings. The highest BCUT2D eigenvalue weighted by Crippen LogP contribution is 2.24. The standard InChI is InChI=1S/C23H31N7/c1-17-7-6-8-20(18(17)2)28-13-15-29(16-14-28)21(19-9-11-24-12-10-19)22-25-26-27-30(22)23(3,4)5/h6-12,21H,13-16H2,1-5H3/p+1/t21-/m0/s1. The SMILES string of the molecule is Cc1cccc(N2CC[NH+]([C@@H](c3ccncc3)c3nnnn3C(C)(C)C)CC2)c1C. The van der Waals surface area contributed by atoms with Crippen molar-refractivity contribution >= 4 is 5.69 Å². The van der Waals surface area contributed by atoms with Crippen LogP contribution >= 0.6 is 0 Å². The number of benzene rings is 1. The molecule has 0 saturated carbocycles. The Kier molecular flexibility index (Phi) is 5.56. The maximum absolute atomic E-state index is 4.48. The number of pyridine rings is 1. The van der Waals surface area contributed by atoms with Crippen molar-refractivity contribution in [1.29, 1.82) is 0 Å². The molecule has 1 saturated heterocycles. The fraction of sp³-hybridized carbons (Fsp3) is 0.478. The molecule has 1 aromatic carbocycles. The molecule has 158 valence electrons. The van der Waals surface area contributed by atoms with Gasteiger partial charge < -0.3 is 9.80 Å². The van der Waals surface area contributed by atoms with Gasteiger partial charge in [-0.3, -0.25) is 4.98 Å². The predicted octanol–water partition coefficient (Wildman–Crippen LogP) is 1.93. The van der Waals surface area contributed by atoms with Crippen LogP contribution in [0.25, 0.3) is 0 Å². The Hall–Kier alpha value is -2.80. The number of aryl methyl sites for hydroxylation is 1. The number of tetrazole rings is 1. The Morgan fingerprint density at radius 2 is 1.70 bits per heavy atom. The molecule has 0 amide bonds. The van der Waals surface area contributed by atoms with E-state index in [1.807, 2.05) is 17.1 Å². The van der Waals surface area contributed by atoms with Gasteiger partial charge in [0.15, 0.2) is 6.04 Å². The van der Waals surface area contributed by atoms with Gasteiger partial charge in [-0.15, -0.1) is 5.10 Å². The highest BCUT2D eigenvalue weighted by atomic mass is 15.6. The van der Waals surface area contributed by atoms with Gasteiger partial charge in [-0.1, -0.05) is 12.1 Å². The van der Waals surface area contributed by atoms with E-state index in [1.165, 1.54) is 27.3 Å². The Morgan fingerprint density at radius 3 is 2.37 bits per heavy atom. The Balaban J connectivity index is 1.63. The number of anilines is 1. The van der Waals surface area contributed by atoms with E-state index in [-0.39, 0.29) is 11.6 Å². The average molecular weight is 407 g/mol. The Labute approximate surface area is 178 Å². The predicted molar refractivity (Wildman–Crippen MR) is 118 cm³/mol. The van der Waals surface area contributed by atoms with Crippen LogP contribution in [-0.2, 0) is 5.54 Å². The summed E-state index contributed by atoms with van der Waals surface area (Å²) in [6.07, 6.45) is 3.72. The van der Waals surface area contributed by atoms with E-state index >= 15 is 0 Å². The Morgan fingerprint density at radius 1 is 1.00 bits per heavy atom. The molecule has 7 heteroatoms. The van der Waals surface area contributed by atoms with Crippen LogP contribution in [0.1, 0.15) is 49.3 Å². The summed E-state index contributed by atoms with van der Waals surface area (Å²) in [5, 5.41) is 12.9. The van der Waals surface area contributed by atoms with E-state index in [2.05, 4.69) is 90.4 Å². The Bertz CT molecular complexity index is 982. The maximum Gasteiger partial charge on any atom is 0.214 e. The lowest BCUT2D eigenvalue weighted by molar-refractivity contribution is -0.927. The highest BCUT2D eigenvalue weighted by Gasteiger charge is 2.36. The van der Waals surface area contributed by atoms with E-state index in [0.29, 0.717) is 0 Å². The first kappa shape index (κ1) is 20.5. The molecule has 0 spiro atoms. The van der Waals surface area contributed by atoms with Crippen molar-refractivity contribution in [2.45, 2.75) is 46.2 Å². The third kappa shape index (κ3) is 3.94. The van der Waals surface area contributed by atoms with Crippen molar-refractivity contribution in [3.63, 3.8) is 0 Å². The summed E-state index contributed by atoms with van der Waals surface area (Å²) < 4.78 is 1.97. The van der Waals surface area contributed by atoms with Crippen molar-refractivity contribution in [2.75, 3.05) is 31.1 Å². The zero-order valence-corrected chi connectivity index (χ0v) is 18.6. The number of hydrogen-bond donors (Lipinski definition) is 1. The van der Waals surface area contributed by atoms with Crippen LogP contribution in [0, 0.1) is 13.8 Å². The zero-order chi connectivity index (χ0) is 21.3. The van der Waals surface area contributed by atoms with Crippen LogP contribution in [0.4, 0.5) is 5.69 Å². The molecule has 0 unspecified atom stereocenters. The molecular weight excluding hydrogens is 374 g/mol. The first-order valence-corrected chi connectivity index (χ1v) is 10.7. The fourth-order valence-electron chi connectivity index (χ4n) is 4.38. The number of quaternary nitrogens is 1. The van der Waals surface area contributed by atoms with Gasteiger partial charge in [-0.2, -0.15) is 0 Å². The highest BCUT2D eigenvalue weighted by molar-refractivity contribution is 5.56. The first-order valence-electron chi connectivity index (χ1n) is 10.7. The van der Waals surface area contributed by atoms with Crippen molar-refractivity contribution < 1.29 is 4.90 Å². The summed E-state index contributed by atoms with van der Waals surface area (Å²) in [5.41, 5.74) is 5.11. The van der Waals surface area contributed by atoms with Gasteiger partial charge in [0.1, 0.15) is 0 Å². The molecule has 1 aliphatic rings. The third-order valence-electron chi connectivity index (χ3n) is 6.16. The molecule has 0 radical (unpaired) electrons. The normalized spacial score (nSPS) is 16.6. The van der Waals surface area contributed by atoms with Crippen LogP contribution in [-0.4, -0.2) is 51.4 Å². The van der Waals surface area contributed by atoms with E-state index in [9.17, 15) is 0 Å². The van der Waals surface area contributed by atoms with E-state index in [0.717, 1.165) is 32.0 Å². The first-order chi connectivity index (χ1) is 14.4. The van der Waals surface area contributed by atoms with E-state index < -0.39 is 0 Å². The van der Waals surface area contributed by atoms with E-state index in [4.69, 9.17) is 0 Å². The lowest BCUT2D eigenvalue weighted by Gasteiger charge is -2.38. The molecule has 30 heavy (non-hydrogen) atoms. The van der Waals surface area contributed by atoms with Crippen molar-refractivity contribution in [2.24, 2.45) is 0 Å². The summed E-state index contributed by atoms with van der Waals surface area (Å²) in [4.78, 5) is 8.22. The summed E-state index contributed by atoms with van der Waals surface area (Å²) in [6.45, 7) is 14.9. The second kappa shape index (κ2) is 8.14. The molecule has 1 N–H and O–H groups in total. The molecule has 3 aromatic rings. The molecule has 0 aliphatic carbocycles. The van der Waals surface area contributed by atoms with Crippen LogP contribution in [0.3, 0.4) is 0 Å². The van der Waals surface area contributed by atoms with Gasteiger partial charge in [0.25, 0.3) is 0 Å². The van der Waals surface area contributed by atoms with Crippen LogP contribution in [0.15, 0.2) is 42.7 Å². The fourth-order valence-corrected chi connectivity index (χ4v) is 4.38. The molecule has 1 aliphatic heterocycles. The number of nitrogens with one attached hydrogen (secondary N) is 1. The number of piperazine rings is 1. The van der Waals surface area contributed by atoms with Crippen molar-refractivity contribution in [1.82, 2.24) is 25.2 Å². The minimum absolute atomic E-state index is 0.0861. The van der Waals surface area contributed by atoms with Gasteiger partial charge in [0.2, 0.25) is 5.82 Å². The second-order valence-corrected chi connectivity index (χ2v) is 9.20. The van der Waals surface area contributed by atoms with E-state index in [1.54, 1.807) is 0 Å². The molecule has 1 atom stereocenters. The largest absolute Gasteiger partial charge is 0.360 e. The average Bonchev–Trinajstić information content (AvgIpc) is 3.22. The minimum Gasteiger partial charge on any atom is -0.360 e. The molecule has 2 aromatic heterocycles. The summed E-state index contributed by atoms with van der Waals surface area (Å²) >= 11 is 0. The molecule has 4 rings (SSSR count). The maximum atomic E-state index is 4.48. The number of nitrogens with zero attached hydrogens (tertiary/aromatic N) is 6. The second-order valence-electron chi connectivity index (χ2n) is 9.20. The number of rotatable bonds is 4. The molecular formula is C23H32N7+. The van der Waals surface area contributed by atoms with Crippen LogP contribution < -0.4 is 9.80 Å². The van der Waals surface area contributed by atoms with Crippen LogP contribution in [0.5, 0.6) is 0 Å². The van der Waals surface area contributed by atoms with Gasteiger partial charge >= 0.3 is 0 Å². The smallest absolute Gasteiger partial charge is 0.214 e. The molecule has 0 bridgehead atoms. The molecule has 3 heterocycles. The summed E-state index contributed by atoms with van der Waals surface area (Å²) in [6, 6.07) is 10.9. The quantitative estimate of drug-likeness (QED) is 0.717. The zero-order valence-electron chi connectivity index (χ0n) is 18.6. The van der Waals surface area contributed by atoms with Crippen molar-refractivity contribution in [3.8, 4) is 0 Å². The third-order valence-corrected chi connectivity index (χ3v) is 6.16. The van der Waals surface area contributed by atoms with Gasteiger partial charge in [0, 0.05) is 23.6 Å². The van der Waals surface area contributed by atoms with Gasteiger partial charge in [-0.05, 0) is 74.4 Å². The minimum atomic E-state index is -0.177.